The van der Waals surface area contributed by atoms with Crippen LogP contribution in [0.3, 0.4) is 0 Å². The van der Waals surface area contributed by atoms with Crippen molar-refractivity contribution < 1.29 is 9.90 Å². The Balaban J connectivity index is 1.55. The van der Waals surface area contributed by atoms with E-state index < -0.39 is 0 Å². The summed E-state index contributed by atoms with van der Waals surface area (Å²) in [4.78, 5) is 18.8. The number of hydrogen-bond donors (Lipinski definition) is 1. The first-order chi connectivity index (χ1) is 9.70. The summed E-state index contributed by atoms with van der Waals surface area (Å²) in [6.07, 6.45) is 1.53. The van der Waals surface area contributed by atoms with Crippen molar-refractivity contribution in [2.45, 2.75) is 18.9 Å². The molecule has 1 aromatic carbocycles. The van der Waals surface area contributed by atoms with Gasteiger partial charge in [-0.05, 0) is 42.9 Å². The average Bonchev–Trinajstić information content (AvgIpc) is 3.09. The summed E-state index contributed by atoms with van der Waals surface area (Å²) in [7, 11) is 0. The Morgan fingerprint density at radius 3 is 2.80 bits per heavy atom. The lowest BCUT2D eigenvalue weighted by Gasteiger charge is -2.18. The minimum atomic E-state index is -0.159. The fraction of sp³-hybridized carbons (Fsp3) is 0.467. The maximum atomic E-state index is 12.6. The van der Waals surface area contributed by atoms with Gasteiger partial charge in [-0.25, -0.2) is 4.98 Å². The molecule has 2 fully saturated rings. The lowest BCUT2D eigenvalue weighted by atomic mass is 10.0. The maximum absolute atomic E-state index is 12.6. The second-order valence-corrected chi connectivity index (χ2v) is 6.78. The Morgan fingerprint density at radius 1 is 1.30 bits per heavy atom. The summed E-state index contributed by atoms with van der Waals surface area (Å²) in [6.45, 7) is 1.57. The van der Waals surface area contributed by atoms with Gasteiger partial charge in [0.1, 0.15) is 0 Å². The van der Waals surface area contributed by atoms with Crippen molar-refractivity contribution >= 4 is 27.5 Å². The van der Waals surface area contributed by atoms with Crippen molar-refractivity contribution in [1.82, 2.24) is 9.88 Å². The quantitative estimate of drug-likeness (QED) is 0.874. The summed E-state index contributed by atoms with van der Waals surface area (Å²) in [5.41, 5.74) is 3.43. The first-order valence-corrected chi connectivity index (χ1v) is 7.89. The number of hydrogen-bond acceptors (Lipinski definition) is 4. The van der Waals surface area contributed by atoms with Crippen LogP contribution in [0.5, 0.6) is 0 Å². The van der Waals surface area contributed by atoms with E-state index in [1.807, 2.05) is 23.1 Å². The Labute approximate surface area is 121 Å². The number of carbonyl (C=O) groups excluding carboxylic acids is 1. The second kappa shape index (κ2) is 4.53. The van der Waals surface area contributed by atoms with Gasteiger partial charge in [-0.15, -0.1) is 11.3 Å². The first kappa shape index (κ1) is 12.3. The molecule has 4 rings (SSSR count). The number of aliphatic hydroxyl groups is 1. The van der Waals surface area contributed by atoms with Gasteiger partial charge in [-0.2, -0.15) is 0 Å². The molecule has 3 atom stereocenters. The SMILES string of the molecule is O=C(c1ccc2scnc2c1)N1C[C@H]2CC(O)C[C@H]2C1. The second-order valence-electron chi connectivity index (χ2n) is 5.89. The van der Waals surface area contributed by atoms with Gasteiger partial charge in [0, 0.05) is 18.7 Å². The standard InChI is InChI=1S/C15H16N2O2S/c18-12-3-10-6-17(7-11(10)4-12)15(19)9-1-2-14-13(5-9)16-8-20-14/h1-2,5,8,10-12,18H,3-4,6-7H2/t10-,11+,12?. The van der Waals surface area contributed by atoms with Crippen LogP contribution in [0.15, 0.2) is 23.7 Å². The van der Waals surface area contributed by atoms with Crippen molar-refractivity contribution in [1.29, 1.82) is 0 Å². The fourth-order valence-electron chi connectivity index (χ4n) is 3.61. The lowest BCUT2D eigenvalue weighted by molar-refractivity contribution is 0.0765. The van der Waals surface area contributed by atoms with E-state index in [1.54, 1.807) is 16.8 Å². The molecule has 2 aromatic rings. The zero-order valence-corrected chi connectivity index (χ0v) is 11.8. The molecule has 1 saturated heterocycles. The molecule has 1 N–H and O–H groups in total. The molecule has 1 aliphatic carbocycles. The van der Waals surface area contributed by atoms with Crippen LogP contribution in [0.4, 0.5) is 0 Å². The van der Waals surface area contributed by atoms with E-state index in [0.29, 0.717) is 11.8 Å². The number of fused-ring (bicyclic) bond motifs is 2. The third-order valence-electron chi connectivity index (χ3n) is 4.59. The van der Waals surface area contributed by atoms with Crippen molar-refractivity contribution in [3.8, 4) is 0 Å². The van der Waals surface area contributed by atoms with Gasteiger partial charge < -0.3 is 10.0 Å². The Bertz CT molecular complexity index is 655. The van der Waals surface area contributed by atoms with Crippen LogP contribution in [0.2, 0.25) is 0 Å². The summed E-state index contributed by atoms with van der Waals surface area (Å²) in [5, 5.41) is 9.66. The van der Waals surface area contributed by atoms with Crippen LogP contribution < -0.4 is 0 Å². The normalized spacial score (nSPS) is 29.1. The van der Waals surface area contributed by atoms with Crippen LogP contribution in [0.1, 0.15) is 23.2 Å². The first-order valence-electron chi connectivity index (χ1n) is 7.01. The smallest absolute Gasteiger partial charge is 0.253 e. The van der Waals surface area contributed by atoms with Gasteiger partial charge in [0.2, 0.25) is 0 Å². The largest absolute Gasteiger partial charge is 0.393 e. The summed E-state index contributed by atoms with van der Waals surface area (Å²) in [5.74, 6) is 1.07. The van der Waals surface area contributed by atoms with Crippen LogP contribution in [0.25, 0.3) is 10.2 Å². The Kier molecular flexibility index (Phi) is 2.79. The number of benzene rings is 1. The Hall–Kier alpha value is -1.46. The van der Waals surface area contributed by atoms with Crippen molar-refractivity contribution in [3.63, 3.8) is 0 Å². The van der Waals surface area contributed by atoms with E-state index >= 15 is 0 Å². The number of carbonyl (C=O) groups is 1. The van der Waals surface area contributed by atoms with Crippen molar-refractivity contribution in [2.24, 2.45) is 11.8 Å². The average molecular weight is 288 g/mol. The van der Waals surface area contributed by atoms with E-state index in [4.69, 9.17) is 0 Å². The van der Waals surface area contributed by atoms with Crippen molar-refractivity contribution in [3.05, 3.63) is 29.3 Å². The zero-order valence-electron chi connectivity index (χ0n) is 11.0. The number of aromatic nitrogens is 1. The van der Waals surface area contributed by atoms with Gasteiger partial charge in [-0.3, -0.25) is 4.79 Å². The van der Waals surface area contributed by atoms with Crippen LogP contribution in [0, 0.1) is 11.8 Å². The summed E-state index contributed by atoms with van der Waals surface area (Å²) < 4.78 is 1.11. The molecule has 1 aliphatic heterocycles. The summed E-state index contributed by atoms with van der Waals surface area (Å²) in [6, 6.07) is 5.75. The molecule has 0 radical (unpaired) electrons. The van der Waals surface area contributed by atoms with E-state index in [-0.39, 0.29) is 12.0 Å². The molecule has 1 aromatic heterocycles. The minimum absolute atomic E-state index is 0.101. The molecular formula is C15H16N2O2S. The van der Waals surface area contributed by atoms with E-state index in [2.05, 4.69) is 4.98 Å². The van der Waals surface area contributed by atoms with E-state index in [1.165, 1.54) is 0 Å². The highest BCUT2D eigenvalue weighted by Gasteiger charge is 2.41. The highest BCUT2D eigenvalue weighted by Crippen LogP contribution is 2.38. The molecule has 104 valence electrons. The maximum Gasteiger partial charge on any atom is 0.253 e. The van der Waals surface area contributed by atoms with Gasteiger partial charge in [0.15, 0.2) is 0 Å². The van der Waals surface area contributed by atoms with E-state index in [0.717, 1.165) is 41.7 Å². The molecule has 2 aliphatic rings. The molecule has 1 unspecified atom stereocenters. The van der Waals surface area contributed by atoms with Crippen LogP contribution in [-0.4, -0.2) is 40.1 Å². The highest BCUT2D eigenvalue weighted by atomic mass is 32.1. The lowest BCUT2D eigenvalue weighted by Crippen LogP contribution is -2.30. The van der Waals surface area contributed by atoms with Gasteiger partial charge in [0.05, 0.1) is 21.8 Å². The van der Waals surface area contributed by atoms with Crippen LogP contribution in [-0.2, 0) is 0 Å². The number of rotatable bonds is 1. The molecule has 2 heterocycles. The fourth-order valence-corrected chi connectivity index (χ4v) is 4.27. The molecule has 0 spiro atoms. The summed E-state index contributed by atoms with van der Waals surface area (Å²) >= 11 is 1.59. The minimum Gasteiger partial charge on any atom is -0.393 e. The predicted molar refractivity (Wildman–Crippen MR) is 77.7 cm³/mol. The number of aliphatic hydroxyl groups excluding tert-OH is 1. The molecule has 1 amide bonds. The van der Waals surface area contributed by atoms with Crippen molar-refractivity contribution in [2.75, 3.05) is 13.1 Å². The Morgan fingerprint density at radius 2 is 2.05 bits per heavy atom. The van der Waals surface area contributed by atoms with Gasteiger partial charge in [-0.1, -0.05) is 0 Å². The van der Waals surface area contributed by atoms with Gasteiger partial charge in [0.25, 0.3) is 5.91 Å². The number of likely N-dealkylation sites (tertiary alicyclic amines) is 1. The topological polar surface area (TPSA) is 53.4 Å². The molecule has 4 nitrogen and oxygen atoms in total. The molecule has 5 heteroatoms. The monoisotopic (exact) mass is 288 g/mol. The van der Waals surface area contributed by atoms with E-state index in [9.17, 15) is 9.90 Å². The van der Waals surface area contributed by atoms with Gasteiger partial charge >= 0.3 is 0 Å². The number of nitrogens with zero attached hydrogens (tertiary/aromatic N) is 2. The molecular weight excluding hydrogens is 272 g/mol. The number of amides is 1. The third kappa shape index (κ3) is 1.93. The molecule has 1 saturated carbocycles. The third-order valence-corrected chi connectivity index (χ3v) is 5.40. The molecule has 20 heavy (non-hydrogen) atoms. The predicted octanol–water partition coefficient (Wildman–Crippen LogP) is 2.14. The zero-order chi connectivity index (χ0) is 13.7. The molecule has 0 bridgehead atoms. The number of thiazole rings is 1. The van der Waals surface area contributed by atoms with Crippen LogP contribution >= 0.6 is 11.3 Å². The highest BCUT2D eigenvalue weighted by molar-refractivity contribution is 7.16.